The van der Waals surface area contributed by atoms with Crippen molar-refractivity contribution in [2.75, 3.05) is 16.8 Å². The molecule has 0 bridgehead atoms. The molecule has 0 saturated carbocycles. The molecule has 1 heterocycles. The highest BCUT2D eigenvalue weighted by Crippen LogP contribution is 2.32. The minimum Gasteiger partial charge on any atom is -0.326 e. The molecule has 0 spiro atoms. The molecule has 0 unspecified atom stereocenters. The average molecular weight is 436 g/mol. The summed E-state index contributed by atoms with van der Waals surface area (Å²) in [7, 11) is 0. The Morgan fingerprint density at radius 2 is 2.12 bits per heavy atom. The van der Waals surface area contributed by atoms with Crippen LogP contribution in [0.2, 0.25) is 5.02 Å². The maximum absolute atomic E-state index is 12.7. The van der Waals surface area contributed by atoms with Crippen LogP contribution in [-0.2, 0) is 16.0 Å². The third-order valence-corrected chi connectivity index (χ3v) is 5.63. The van der Waals surface area contributed by atoms with E-state index in [2.05, 4.69) is 21.2 Å². The molecule has 136 valence electrons. The first-order valence-electron chi connectivity index (χ1n) is 8.55. The normalized spacial score (nSPS) is 16.8. The third-order valence-electron chi connectivity index (χ3n) is 4.73. The number of hydrogen-bond acceptors (Lipinski definition) is 2. The van der Waals surface area contributed by atoms with Crippen LogP contribution in [0, 0.1) is 12.8 Å². The van der Waals surface area contributed by atoms with Crippen molar-refractivity contribution in [3.63, 3.8) is 0 Å². The van der Waals surface area contributed by atoms with E-state index in [0.29, 0.717) is 11.6 Å². The molecule has 1 aliphatic rings. The fourth-order valence-corrected chi connectivity index (χ4v) is 3.79. The summed E-state index contributed by atoms with van der Waals surface area (Å²) in [6, 6.07) is 11.3. The van der Waals surface area contributed by atoms with Crippen molar-refractivity contribution in [3.05, 3.63) is 57.0 Å². The lowest BCUT2D eigenvalue weighted by molar-refractivity contribution is -0.122. The monoisotopic (exact) mass is 434 g/mol. The molecule has 26 heavy (non-hydrogen) atoms. The van der Waals surface area contributed by atoms with Crippen molar-refractivity contribution in [3.8, 4) is 0 Å². The molecule has 1 aliphatic heterocycles. The number of nitrogens with zero attached hydrogens (tertiary/aromatic N) is 1. The van der Waals surface area contributed by atoms with E-state index in [1.807, 2.05) is 44.2 Å². The van der Waals surface area contributed by atoms with Gasteiger partial charge in [0.05, 0.1) is 5.92 Å². The van der Waals surface area contributed by atoms with Crippen LogP contribution in [0.1, 0.15) is 24.5 Å². The maximum Gasteiger partial charge on any atom is 0.229 e. The van der Waals surface area contributed by atoms with Gasteiger partial charge in [-0.1, -0.05) is 40.5 Å². The van der Waals surface area contributed by atoms with Crippen molar-refractivity contribution in [2.24, 2.45) is 5.92 Å². The highest BCUT2D eigenvalue weighted by atomic mass is 79.9. The molecule has 0 aromatic heterocycles. The van der Waals surface area contributed by atoms with Gasteiger partial charge in [-0.3, -0.25) is 9.59 Å². The molecule has 1 saturated heterocycles. The Hall–Kier alpha value is -1.85. The lowest BCUT2D eigenvalue weighted by Gasteiger charge is -2.20. The average Bonchev–Trinajstić information content (AvgIpc) is 3.00. The zero-order valence-corrected chi connectivity index (χ0v) is 17.0. The van der Waals surface area contributed by atoms with Crippen molar-refractivity contribution in [1.82, 2.24) is 0 Å². The van der Waals surface area contributed by atoms with Crippen LogP contribution in [0.4, 0.5) is 11.4 Å². The fraction of sp³-hybridized carbons (Fsp3) is 0.300. The molecule has 2 aromatic carbocycles. The van der Waals surface area contributed by atoms with Crippen LogP contribution in [0.5, 0.6) is 0 Å². The summed E-state index contributed by atoms with van der Waals surface area (Å²) in [6.45, 7) is 4.29. The number of benzene rings is 2. The Morgan fingerprint density at radius 3 is 2.85 bits per heavy atom. The molecule has 1 atom stereocenters. The number of hydrogen-bond donors (Lipinski definition) is 1. The van der Waals surface area contributed by atoms with Crippen LogP contribution < -0.4 is 10.2 Å². The molecule has 2 amide bonds. The molecular weight excluding hydrogens is 416 g/mol. The second-order valence-electron chi connectivity index (χ2n) is 6.43. The van der Waals surface area contributed by atoms with E-state index < -0.39 is 0 Å². The minimum atomic E-state index is -0.380. The number of aryl methyl sites for hydroxylation is 1. The molecule has 1 fully saturated rings. The predicted molar refractivity (Wildman–Crippen MR) is 109 cm³/mol. The van der Waals surface area contributed by atoms with E-state index in [1.54, 1.807) is 11.0 Å². The van der Waals surface area contributed by atoms with Crippen LogP contribution in [0.25, 0.3) is 0 Å². The molecule has 6 heteroatoms. The van der Waals surface area contributed by atoms with Crippen LogP contribution >= 0.6 is 27.5 Å². The van der Waals surface area contributed by atoms with Crippen LogP contribution in [-0.4, -0.2) is 18.4 Å². The summed E-state index contributed by atoms with van der Waals surface area (Å²) in [5.74, 6) is -0.561. The highest BCUT2D eigenvalue weighted by Gasteiger charge is 2.36. The van der Waals surface area contributed by atoms with Gasteiger partial charge in [0.1, 0.15) is 0 Å². The second kappa shape index (κ2) is 7.80. The smallest absolute Gasteiger partial charge is 0.229 e. The minimum absolute atomic E-state index is 0.0537. The van der Waals surface area contributed by atoms with E-state index in [9.17, 15) is 9.59 Å². The molecule has 2 aromatic rings. The fourth-order valence-electron chi connectivity index (χ4n) is 3.22. The van der Waals surface area contributed by atoms with Gasteiger partial charge in [0.2, 0.25) is 11.8 Å². The van der Waals surface area contributed by atoms with E-state index >= 15 is 0 Å². The third kappa shape index (κ3) is 3.79. The molecule has 3 rings (SSSR count). The van der Waals surface area contributed by atoms with Gasteiger partial charge in [-0.25, -0.2) is 0 Å². The largest absolute Gasteiger partial charge is 0.326 e. The van der Waals surface area contributed by atoms with Gasteiger partial charge >= 0.3 is 0 Å². The zero-order chi connectivity index (χ0) is 18.8. The Balaban J connectivity index is 1.76. The van der Waals surface area contributed by atoms with E-state index in [0.717, 1.165) is 33.4 Å². The summed E-state index contributed by atoms with van der Waals surface area (Å²) in [5.41, 5.74) is 3.48. The number of carbonyl (C=O) groups is 2. The SMILES string of the molecule is CCc1cc(Br)ccc1NC(=O)[C@H]1CC(=O)N(c2cccc(Cl)c2C)C1. The topological polar surface area (TPSA) is 49.4 Å². The van der Waals surface area contributed by atoms with Gasteiger partial charge in [0, 0.05) is 33.8 Å². The highest BCUT2D eigenvalue weighted by molar-refractivity contribution is 9.10. The first-order chi connectivity index (χ1) is 12.4. The molecule has 0 aliphatic carbocycles. The quantitative estimate of drug-likeness (QED) is 0.737. The number of anilines is 2. The van der Waals surface area contributed by atoms with Gasteiger partial charge in [-0.05, 0) is 54.8 Å². The number of halogens is 2. The number of rotatable bonds is 4. The summed E-state index contributed by atoms with van der Waals surface area (Å²) in [5, 5.41) is 3.60. The second-order valence-corrected chi connectivity index (χ2v) is 7.76. The Kier molecular flexibility index (Phi) is 5.68. The molecule has 0 radical (unpaired) electrons. The van der Waals surface area contributed by atoms with Crippen molar-refractivity contribution >= 4 is 50.7 Å². The summed E-state index contributed by atoms with van der Waals surface area (Å²) in [4.78, 5) is 26.8. The molecular formula is C20H20BrClN2O2. The van der Waals surface area contributed by atoms with Gasteiger partial charge < -0.3 is 10.2 Å². The van der Waals surface area contributed by atoms with Crippen molar-refractivity contribution in [2.45, 2.75) is 26.7 Å². The lowest BCUT2D eigenvalue weighted by Crippen LogP contribution is -2.28. The van der Waals surface area contributed by atoms with Gasteiger partial charge in [-0.2, -0.15) is 0 Å². The lowest BCUT2D eigenvalue weighted by atomic mass is 10.1. The Labute approximate surface area is 166 Å². The Morgan fingerprint density at radius 1 is 1.35 bits per heavy atom. The van der Waals surface area contributed by atoms with E-state index in [-0.39, 0.29) is 24.2 Å². The summed E-state index contributed by atoms with van der Waals surface area (Å²) in [6.07, 6.45) is 1.02. The first-order valence-corrected chi connectivity index (χ1v) is 9.72. The van der Waals surface area contributed by atoms with Crippen molar-refractivity contribution < 1.29 is 9.59 Å². The maximum atomic E-state index is 12.7. The summed E-state index contributed by atoms with van der Waals surface area (Å²) >= 11 is 9.62. The molecule has 1 N–H and O–H groups in total. The number of nitrogens with one attached hydrogen (secondary N) is 1. The molecule has 4 nitrogen and oxygen atoms in total. The van der Waals surface area contributed by atoms with E-state index in [1.165, 1.54) is 0 Å². The number of carbonyl (C=O) groups excluding carboxylic acids is 2. The van der Waals surface area contributed by atoms with Gasteiger partial charge in [0.25, 0.3) is 0 Å². The standard InChI is InChI=1S/C20H20BrClN2O2/c1-3-13-9-15(21)7-8-17(13)23-20(26)14-10-19(25)24(11-14)18-6-4-5-16(22)12(18)2/h4-9,14H,3,10-11H2,1-2H3,(H,23,26)/t14-/m0/s1. The number of amides is 2. The Bertz CT molecular complexity index is 869. The predicted octanol–water partition coefficient (Wildman–Crippen LogP) is 4.96. The van der Waals surface area contributed by atoms with Crippen LogP contribution in [0.3, 0.4) is 0 Å². The summed E-state index contributed by atoms with van der Waals surface area (Å²) < 4.78 is 0.978. The zero-order valence-electron chi connectivity index (χ0n) is 14.7. The van der Waals surface area contributed by atoms with E-state index in [4.69, 9.17) is 11.6 Å². The first kappa shape index (κ1) is 18.9. The van der Waals surface area contributed by atoms with Crippen molar-refractivity contribution in [1.29, 1.82) is 0 Å². The van der Waals surface area contributed by atoms with Gasteiger partial charge in [0.15, 0.2) is 0 Å². The van der Waals surface area contributed by atoms with Crippen LogP contribution in [0.15, 0.2) is 40.9 Å². The van der Waals surface area contributed by atoms with Gasteiger partial charge in [-0.15, -0.1) is 0 Å².